The molecule has 0 amide bonds. The number of anilines is 1. The van der Waals surface area contributed by atoms with E-state index in [2.05, 4.69) is 31.8 Å². The van der Waals surface area contributed by atoms with Gasteiger partial charge in [0.2, 0.25) is 5.82 Å². The number of thiophene rings is 1. The zero-order chi connectivity index (χ0) is 26.9. The number of alkyl halides is 3. The highest BCUT2D eigenvalue weighted by Gasteiger charge is 2.39. The molecule has 200 valence electrons. The van der Waals surface area contributed by atoms with Gasteiger partial charge in [0.1, 0.15) is 22.1 Å². The smallest absolute Gasteiger partial charge is 0.451 e. The van der Waals surface area contributed by atoms with Crippen LogP contribution in [0.1, 0.15) is 29.9 Å². The van der Waals surface area contributed by atoms with E-state index in [4.69, 9.17) is 9.47 Å². The number of ether oxygens (including phenoxy) is 3. The number of hydrogen-bond donors (Lipinski definition) is 0. The lowest BCUT2D eigenvalue weighted by Gasteiger charge is -2.29. The van der Waals surface area contributed by atoms with Crippen LogP contribution in [-0.2, 0) is 35.2 Å². The minimum atomic E-state index is -4.57. The zero-order valence-corrected chi connectivity index (χ0v) is 21.3. The van der Waals surface area contributed by atoms with Gasteiger partial charge in [-0.2, -0.15) is 23.1 Å². The van der Waals surface area contributed by atoms with E-state index in [1.165, 1.54) is 18.4 Å². The Hall–Kier alpha value is -3.94. The van der Waals surface area contributed by atoms with E-state index >= 15 is 0 Å². The first-order valence-electron chi connectivity index (χ1n) is 11.8. The lowest BCUT2D eigenvalue weighted by atomic mass is 10.2. The number of rotatable bonds is 8. The van der Waals surface area contributed by atoms with Gasteiger partial charge in [-0.15, -0.1) is 21.5 Å². The first kappa shape index (κ1) is 25.7. The van der Waals surface area contributed by atoms with E-state index in [1.54, 1.807) is 24.3 Å². The summed E-state index contributed by atoms with van der Waals surface area (Å²) in [6.45, 7) is 2.33. The molecule has 0 aliphatic carbocycles. The molecule has 38 heavy (non-hydrogen) atoms. The van der Waals surface area contributed by atoms with E-state index < -0.39 is 18.0 Å². The van der Waals surface area contributed by atoms with Crippen molar-refractivity contribution in [3.8, 4) is 17.5 Å². The molecule has 0 saturated carbocycles. The lowest BCUT2D eigenvalue weighted by molar-refractivity contribution is -0.147. The summed E-state index contributed by atoms with van der Waals surface area (Å²) in [7, 11) is 1.28. The lowest BCUT2D eigenvalue weighted by Crippen LogP contribution is -2.36. The van der Waals surface area contributed by atoms with Crippen molar-refractivity contribution >= 4 is 33.3 Å². The average molecular weight is 549 g/mol. The number of carbonyl (C=O) groups is 1. The Kier molecular flexibility index (Phi) is 7.06. The monoisotopic (exact) mass is 548 g/mol. The first-order chi connectivity index (χ1) is 18.2. The van der Waals surface area contributed by atoms with Gasteiger partial charge in [-0.3, -0.25) is 0 Å². The molecular weight excluding hydrogens is 525 g/mol. The normalized spacial score (nSPS) is 13.4. The van der Waals surface area contributed by atoms with Crippen LogP contribution < -0.4 is 14.4 Å². The molecule has 3 aromatic heterocycles. The third-order valence-electron chi connectivity index (χ3n) is 5.82. The van der Waals surface area contributed by atoms with Crippen molar-refractivity contribution in [2.45, 2.75) is 39.0 Å². The largest absolute Gasteiger partial charge is 0.482 e. The highest BCUT2D eigenvalue weighted by Crippen LogP contribution is 2.36. The van der Waals surface area contributed by atoms with Crippen molar-refractivity contribution < 1.29 is 32.2 Å². The van der Waals surface area contributed by atoms with E-state index in [-0.39, 0.29) is 38.1 Å². The second kappa shape index (κ2) is 10.4. The fraction of sp³-hybridized carbons (Fsp3) is 0.375. The molecule has 0 saturated heterocycles. The number of nitrogens with zero attached hydrogens (tertiary/aromatic N) is 6. The summed E-state index contributed by atoms with van der Waals surface area (Å²) in [6, 6.07) is 8.70. The zero-order valence-electron chi connectivity index (χ0n) is 20.5. The number of methoxy groups -OCH3 is 1. The van der Waals surface area contributed by atoms with E-state index in [1.807, 2.05) is 11.0 Å². The summed E-state index contributed by atoms with van der Waals surface area (Å²) in [5.74, 6) is 0.179. The number of halogens is 3. The van der Waals surface area contributed by atoms with Gasteiger partial charge in [0.25, 0.3) is 0 Å². The van der Waals surface area contributed by atoms with E-state index in [0.29, 0.717) is 17.3 Å². The number of aryl methyl sites for hydroxylation is 1. The fourth-order valence-electron chi connectivity index (χ4n) is 4.05. The number of esters is 1. The van der Waals surface area contributed by atoms with Gasteiger partial charge in [0, 0.05) is 18.0 Å². The second-order valence-electron chi connectivity index (χ2n) is 8.46. The van der Waals surface area contributed by atoms with Crippen molar-refractivity contribution in [3.05, 3.63) is 46.9 Å². The summed E-state index contributed by atoms with van der Waals surface area (Å²) in [4.78, 5) is 24.2. The Morgan fingerprint density at radius 3 is 2.58 bits per heavy atom. The van der Waals surface area contributed by atoms with Gasteiger partial charge < -0.3 is 23.7 Å². The van der Waals surface area contributed by atoms with Crippen LogP contribution in [0.4, 0.5) is 19.0 Å². The predicted molar refractivity (Wildman–Crippen MR) is 132 cm³/mol. The third-order valence-corrected chi connectivity index (χ3v) is 6.91. The van der Waals surface area contributed by atoms with Gasteiger partial charge in [0.15, 0.2) is 12.4 Å². The summed E-state index contributed by atoms with van der Waals surface area (Å²) in [5.41, 5.74) is 0. The summed E-state index contributed by atoms with van der Waals surface area (Å²) in [5, 5.41) is 7.95. The minimum absolute atomic E-state index is 0.0673. The van der Waals surface area contributed by atoms with Crippen LogP contribution in [0.2, 0.25) is 0 Å². The van der Waals surface area contributed by atoms with Crippen molar-refractivity contribution in [2.24, 2.45) is 0 Å². The molecule has 1 aromatic carbocycles. The van der Waals surface area contributed by atoms with Crippen LogP contribution in [0.5, 0.6) is 17.5 Å². The Bertz CT molecular complexity index is 1450. The van der Waals surface area contributed by atoms with Crippen LogP contribution in [0.15, 0.2) is 30.3 Å². The topological polar surface area (TPSA) is 104 Å². The van der Waals surface area contributed by atoms with E-state index in [9.17, 15) is 18.0 Å². The van der Waals surface area contributed by atoms with Crippen LogP contribution in [0.3, 0.4) is 0 Å². The molecule has 0 spiro atoms. The molecule has 1 aliphatic rings. The van der Waals surface area contributed by atoms with Crippen molar-refractivity contribution in [1.29, 1.82) is 0 Å². The number of benzene rings is 1. The van der Waals surface area contributed by atoms with Crippen molar-refractivity contribution in [1.82, 2.24) is 24.7 Å². The number of hydrogen-bond acceptors (Lipinski definition) is 10. The minimum Gasteiger partial charge on any atom is -0.482 e. The Morgan fingerprint density at radius 1 is 1.11 bits per heavy atom. The average Bonchev–Trinajstić information content (AvgIpc) is 3.51. The third kappa shape index (κ3) is 5.35. The molecule has 4 aromatic rings. The Balaban J connectivity index is 1.43. The molecule has 5 rings (SSSR count). The molecule has 0 radical (unpaired) electrons. The quantitative estimate of drug-likeness (QED) is 0.292. The SMILES string of the molecule is CCCc1cc2c(N3CCn4c(nnc4C(F)(F)F)C3)nc(Oc3ccc(OCC(=O)OC)cc3)nc2s1. The highest BCUT2D eigenvalue weighted by molar-refractivity contribution is 7.18. The molecule has 0 unspecified atom stereocenters. The summed E-state index contributed by atoms with van der Waals surface area (Å²) >= 11 is 1.53. The molecule has 0 N–H and O–H groups in total. The summed E-state index contributed by atoms with van der Waals surface area (Å²) in [6.07, 6.45) is -2.75. The highest BCUT2D eigenvalue weighted by atomic mass is 32.1. The molecule has 10 nitrogen and oxygen atoms in total. The molecule has 0 atom stereocenters. The van der Waals surface area contributed by atoms with E-state index in [0.717, 1.165) is 32.5 Å². The van der Waals surface area contributed by atoms with Gasteiger partial charge in [-0.05, 0) is 36.8 Å². The molecule has 14 heteroatoms. The van der Waals surface area contributed by atoms with Gasteiger partial charge in [0.05, 0.1) is 19.0 Å². The van der Waals surface area contributed by atoms with Crippen molar-refractivity contribution in [3.63, 3.8) is 0 Å². The Morgan fingerprint density at radius 2 is 1.87 bits per heavy atom. The molecule has 1 aliphatic heterocycles. The van der Waals surface area contributed by atoms with Crippen molar-refractivity contribution in [2.75, 3.05) is 25.2 Å². The maximum atomic E-state index is 13.3. The van der Waals surface area contributed by atoms with Crippen LogP contribution in [0.25, 0.3) is 10.2 Å². The number of aromatic nitrogens is 5. The maximum absolute atomic E-state index is 13.3. The predicted octanol–water partition coefficient (Wildman–Crippen LogP) is 4.62. The Labute approximate surface area is 219 Å². The molecule has 4 heterocycles. The first-order valence-corrected chi connectivity index (χ1v) is 12.6. The van der Waals surface area contributed by atoms with Crippen LogP contribution >= 0.6 is 11.3 Å². The molecule has 0 fully saturated rings. The molecule has 0 bridgehead atoms. The van der Waals surface area contributed by atoms with Gasteiger partial charge >= 0.3 is 18.2 Å². The second-order valence-corrected chi connectivity index (χ2v) is 9.58. The number of fused-ring (bicyclic) bond motifs is 2. The van der Waals surface area contributed by atoms with Crippen LogP contribution in [0, 0.1) is 0 Å². The summed E-state index contributed by atoms with van der Waals surface area (Å²) < 4.78 is 56.8. The van der Waals surface area contributed by atoms with Gasteiger partial charge in [-0.1, -0.05) is 13.3 Å². The number of carbonyl (C=O) groups excluding carboxylic acids is 1. The fourth-order valence-corrected chi connectivity index (χ4v) is 5.17. The van der Waals surface area contributed by atoms with Crippen LogP contribution in [-0.4, -0.2) is 51.0 Å². The maximum Gasteiger partial charge on any atom is 0.451 e. The van der Waals surface area contributed by atoms with Gasteiger partial charge in [-0.25, -0.2) is 4.79 Å². The standard InChI is InChI=1S/C24H23F3N6O4S/c1-3-4-16-11-17-20(32-9-10-33-18(12-32)30-31-22(33)24(25,26)27)28-23(29-21(17)38-16)37-15-7-5-14(6-8-15)36-13-19(34)35-2/h5-8,11H,3-4,9-10,12-13H2,1-2H3. The molecular formula is C24H23F3N6O4S.